The van der Waals surface area contributed by atoms with Crippen LogP contribution in [0.2, 0.25) is 0 Å². The zero-order valence-corrected chi connectivity index (χ0v) is 14.8. The van der Waals surface area contributed by atoms with E-state index in [-0.39, 0.29) is 24.6 Å². The molecule has 0 saturated carbocycles. The second-order valence-electron chi connectivity index (χ2n) is 6.00. The third-order valence-electron chi connectivity index (χ3n) is 4.04. The van der Waals surface area contributed by atoms with Gasteiger partial charge in [-0.05, 0) is 47.9 Å². The fraction of sp³-hybridized carbons (Fsp3) is 0.263. The highest BCUT2D eigenvalue weighted by atomic mass is 32.1. The number of fused-ring (bicyclic) bond motifs is 1. The maximum Gasteiger partial charge on any atom is 0.264 e. The molecule has 0 radical (unpaired) electrons. The number of aromatic amines is 1. The summed E-state index contributed by atoms with van der Waals surface area (Å²) in [7, 11) is 0. The van der Waals surface area contributed by atoms with E-state index in [9.17, 15) is 9.59 Å². The summed E-state index contributed by atoms with van der Waals surface area (Å²) in [4.78, 5) is 30.2. The molecule has 0 aliphatic carbocycles. The average Bonchev–Trinajstić information content (AvgIpc) is 3.13. The second-order valence-corrected chi connectivity index (χ2v) is 6.94. The molecule has 2 N–H and O–H groups in total. The SMILES string of the molecule is Cc1ccc2cc(CN(CCCO)C(=O)c3cccs3)c(=O)[nH]c2c1. The highest BCUT2D eigenvalue weighted by Crippen LogP contribution is 2.17. The number of H-pyrrole nitrogens is 1. The van der Waals surface area contributed by atoms with Gasteiger partial charge in [0.25, 0.3) is 11.5 Å². The van der Waals surface area contributed by atoms with E-state index in [1.54, 1.807) is 11.0 Å². The fourth-order valence-corrected chi connectivity index (χ4v) is 3.44. The molecule has 3 aromatic rings. The number of hydrogen-bond acceptors (Lipinski definition) is 4. The number of amides is 1. The number of aromatic nitrogens is 1. The van der Waals surface area contributed by atoms with Gasteiger partial charge in [0, 0.05) is 24.2 Å². The summed E-state index contributed by atoms with van der Waals surface area (Å²) in [5, 5.41) is 11.9. The molecule has 2 aromatic heterocycles. The van der Waals surface area contributed by atoms with Crippen LogP contribution in [0.3, 0.4) is 0 Å². The van der Waals surface area contributed by atoms with Crippen molar-refractivity contribution in [1.82, 2.24) is 9.88 Å². The molecule has 0 atom stereocenters. The molecule has 5 nitrogen and oxygen atoms in total. The lowest BCUT2D eigenvalue weighted by molar-refractivity contribution is 0.0736. The van der Waals surface area contributed by atoms with Crippen LogP contribution in [0, 0.1) is 6.92 Å². The third-order valence-corrected chi connectivity index (χ3v) is 4.90. The summed E-state index contributed by atoms with van der Waals surface area (Å²) in [6, 6.07) is 11.3. The monoisotopic (exact) mass is 356 g/mol. The van der Waals surface area contributed by atoms with E-state index in [0.29, 0.717) is 23.4 Å². The van der Waals surface area contributed by atoms with Gasteiger partial charge in [0.2, 0.25) is 0 Å². The van der Waals surface area contributed by atoms with Gasteiger partial charge < -0.3 is 15.0 Å². The molecule has 2 heterocycles. The molecule has 1 aromatic carbocycles. The standard InChI is InChI=1S/C19H20N2O3S/c1-13-5-6-14-11-15(18(23)20-16(14)10-13)12-21(7-3-8-22)19(24)17-4-2-9-25-17/h2,4-6,9-11,22H,3,7-8,12H2,1H3,(H,20,23). The average molecular weight is 356 g/mol. The smallest absolute Gasteiger partial charge is 0.264 e. The molecule has 0 aliphatic rings. The second kappa shape index (κ2) is 7.63. The number of rotatable bonds is 6. The van der Waals surface area contributed by atoms with Crippen molar-refractivity contribution >= 4 is 28.1 Å². The van der Waals surface area contributed by atoms with Crippen LogP contribution in [0.5, 0.6) is 0 Å². The largest absolute Gasteiger partial charge is 0.396 e. The third kappa shape index (κ3) is 3.97. The fourth-order valence-electron chi connectivity index (χ4n) is 2.75. The van der Waals surface area contributed by atoms with Gasteiger partial charge in [-0.2, -0.15) is 0 Å². The van der Waals surface area contributed by atoms with Crippen LogP contribution >= 0.6 is 11.3 Å². The van der Waals surface area contributed by atoms with Crippen molar-refractivity contribution in [1.29, 1.82) is 0 Å². The van der Waals surface area contributed by atoms with E-state index in [1.807, 2.05) is 42.6 Å². The van der Waals surface area contributed by atoms with Gasteiger partial charge in [0.1, 0.15) is 0 Å². The van der Waals surface area contributed by atoms with Gasteiger partial charge in [-0.15, -0.1) is 11.3 Å². The highest BCUT2D eigenvalue weighted by molar-refractivity contribution is 7.12. The van der Waals surface area contributed by atoms with Crippen LogP contribution in [-0.4, -0.2) is 34.0 Å². The predicted octanol–water partition coefficient (Wildman–Crippen LogP) is 2.92. The van der Waals surface area contributed by atoms with E-state index in [4.69, 9.17) is 5.11 Å². The summed E-state index contributed by atoms with van der Waals surface area (Å²) in [5.74, 6) is -0.119. The van der Waals surface area contributed by atoms with Gasteiger partial charge in [-0.25, -0.2) is 0 Å². The van der Waals surface area contributed by atoms with Crippen LogP contribution in [0.15, 0.2) is 46.6 Å². The Bertz CT molecular complexity index is 931. The minimum absolute atomic E-state index is 0.00156. The van der Waals surface area contributed by atoms with Gasteiger partial charge in [-0.3, -0.25) is 9.59 Å². The highest BCUT2D eigenvalue weighted by Gasteiger charge is 2.18. The molecule has 6 heteroatoms. The Morgan fingerprint density at radius 1 is 1.28 bits per heavy atom. The minimum atomic E-state index is -0.189. The summed E-state index contributed by atoms with van der Waals surface area (Å²) in [6.07, 6.45) is 0.474. The Kier molecular flexibility index (Phi) is 5.31. The van der Waals surface area contributed by atoms with Gasteiger partial charge >= 0.3 is 0 Å². The number of pyridine rings is 1. The quantitative estimate of drug-likeness (QED) is 0.713. The number of nitrogens with one attached hydrogen (secondary N) is 1. The normalized spacial score (nSPS) is 11.0. The molecule has 0 unspecified atom stereocenters. The van der Waals surface area contributed by atoms with E-state index < -0.39 is 0 Å². The van der Waals surface area contributed by atoms with Crippen LogP contribution in [-0.2, 0) is 6.54 Å². The van der Waals surface area contributed by atoms with Crippen LogP contribution < -0.4 is 5.56 Å². The molecule has 3 rings (SSSR count). The predicted molar refractivity (Wildman–Crippen MR) is 100 cm³/mol. The first-order valence-electron chi connectivity index (χ1n) is 8.14. The van der Waals surface area contributed by atoms with Crippen molar-refractivity contribution in [2.24, 2.45) is 0 Å². The molecule has 0 bridgehead atoms. The van der Waals surface area contributed by atoms with Crippen molar-refractivity contribution in [3.05, 3.63) is 68.1 Å². The molecular weight excluding hydrogens is 336 g/mol. The number of carbonyl (C=O) groups excluding carboxylic acids is 1. The number of benzene rings is 1. The number of nitrogens with zero attached hydrogens (tertiary/aromatic N) is 1. The van der Waals surface area contributed by atoms with E-state index in [1.165, 1.54) is 11.3 Å². The van der Waals surface area contributed by atoms with E-state index in [2.05, 4.69) is 4.98 Å². The first-order valence-corrected chi connectivity index (χ1v) is 9.02. The summed E-state index contributed by atoms with van der Waals surface area (Å²) in [6.45, 7) is 2.60. The van der Waals surface area contributed by atoms with Gasteiger partial charge in [0.15, 0.2) is 0 Å². The van der Waals surface area contributed by atoms with Crippen molar-refractivity contribution < 1.29 is 9.90 Å². The molecule has 25 heavy (non-hydrogen) atoms. The Morgan fingerprint density at radius 3 is 2.84 bits per heavy atom. The Balaban J connectivity index is 1.92. The van der Waals surface area contributed by atoms with Crippen LogP contribution in [0.25, 0.3) is 10.9 Å². The summed E-state index contributed by atoms with van der Waals surface area (Å²) < 4.78 is 0. The molecule has 130 valence electrons. The lowest BCUT2D eigenvalue weighted by Gasteiger charge is -2.21. The topological polar surface area (TPSA) is 73.4 Å². The van der Waals surface area contributed by atoms with Crippen LogP contribution in [0.4, 0.5) is 0 Å². The zero-order chi connectivity index (χ0) is 17.8. The van der Waals surface area contributed by atoms with Crippen molar-refractivity contribution in [3.63, 3.8) is 0 Å². The van der Waals surface area contributed by atoms with E-state index >= 15 is 0 Å². The van der Waals surface area contributed by atoms with Crippen molar-refractivity contribution in [2.75, 3.05) is 13.2 Å². The lowest BCUT2D eigenvalue weighted by Crippen LogP contribution is -2.33. The molecule has 0 saturated heterocycles. The molecular formula is C19H20N2O3S. The molecule has 0 aliphatic heterocycles. The molecule has 0 spiro atoms. The number of aryl methyl sites for hydroxylation is 1. The number of aliphatic hydroxyl groups excluding tert-OH is 1. The first-order chi connectivity index (χ1) is 12.1. The van der Waals surface area contributed by atoms with Crippen molar-refractivity contribution in [2.45, 2.75) is 19.9 Å². The number of aliphatic hydroxyl groups is 1. The Labute approximate surface area is 149 Å². The van der Waals surface area contributed by atoms with E-state index in [0.717, 1.165) is 16.5 Å². The molecule has 0 fully saturated rings. The first kappa shape index (κ1) is 17.4. The number of hydrogen-bond donors (Lipinski definition) is 2. The summed E-state index contributed by atoms with van der Waals surface area (Å²) in [5.41, 5.74) is 2.22. The van der Waals surface area contributed by atoms with Gasteiger partial charge in [0.05, 0.1) is 11.4 Å². The number of thiophene rings is 1. The zero-order valence-electron chi connectivity index (χ0n) is 14.0. The van der Waals surface area contributed by atoms with Crippen molar-refractivity contribution in [3.8, 4) is 0 Å². The number of carbonyl (C=O) groups is 1. The Hall–Kier alpha value is -2.44. The lowest BCUT2D eigenvalue weighted by atomic mass is 10.1. The van der Waals surface area contributed by atoms with Gasteiger partial charge in [-0.1, -0.05) is 18.2 Å². The minimum Gasteiger partial charge on any atom is -0.396 e. The maximum absolute atomic E-state index is 12.7. The summed E-state index contributed by atoms with van der Waals surface area (Å²) >= 11 is 1.37. The Morgan fingerprint density at radius 2 is 2.12 bits per heavy atom. The van der Waals surface area contributed by atoms with Crippen LogP contribution in [0.1, 0.15) is 27.2 Å². The maximum atomic E-state index is 12.7. The molecule has 1 amide bonds.